The molecule has 2 amide bonds. The number of sulfonamides is 1. The molecule has 1 aliphatic rings. The van der Waals surface area contributed by atoms with E-state index in [4.69, 9.17) is 0 Å². The fourth-order valence-corrected chi connectivity index (χ4v) is 3.52. The van der Waals surface area contributed by atoms with Crippen molar-refractivity contribution in [3.63, 3.8) is 0 Å². The summed E-state index contributed by atoms with van der Waals surface area (Å²) in [6.07, 6.45) is 1.46. The Hall–Kier alpha value is -1.74. The smallest absolute Gasteiger partial charge is 0.261 e. The summed E-state index contributed by atoms with van der Waals surface area (Å²) < 4.78 is 25.7. The Kier molecular flexibility index (Phi) is 3.42. The van der Waals surface area contributed by atoms with E-state index in [9.17, 15) is 18.0 Å². The van der Waals surface area contributed by atoms with E-state index < -0.39 is 27.9 Å². The number of carbonyl (C=O) groups is 2. The average Bonchev–Trinajstić information content (AvgIpc) is 2.75. The summed E-state index contributed by atoms with van der Waals surface area (Å²) in [5.41, 5.74) is 0. The SMILES string of the molecule is CCC1C(=O)NC(=O)CN1S(=O)(=O)c1cnc(C)[nH]1. The Balaban J connectivity index is 2.42. The van der Waals surface area contributed by atoms with Gasteiger partial charge in [0.15, 0.2) is 5.03 Å². The van der Waals surface area contributed by atoms with Crippen molar-refractivity contribution in [3.05, 3.63) is 12.0 Å². The zero-order valence-corrected chi connectivity index (χ0v) is 11.3. The van der Waals surface area contributed by atoms with E-state index in [1.165, 1.54) is 6.20 Å². The van der Waals surface area contributed by atoms with Crippen LogP contribution in [0.5, 0.6) is 0 Å². The van der Waals surface area contributed by atoms with E-state index in [0.717, 1.165) is 4.31 Å². The van der Waals surface area contributed by atoms with Gasteiger partial charge in [0.2, 0.25) is 11.8 Å². The van der Waals surface area contributed by atoms with Crippen molar-refractivity contribution >= 4 is 21.8 Å². The zero-order chi connectivity index (χ0) is 14.2. The molecule has 19 heavy (non-hydrogen) atoms. The van der Waals surface area contributed by atoms with Crippen LogP contribution < -0.4 is 5.32 Å². The molecule has 1 saturated heterocycles. The maximum Gasteiger partial charge on any atom is 0.261 e. The molecule has 8 nitrogen and oxygen atoms in total. The number of amides is 2. The molecule has 104 valence electrons. The first-order chi connectivity index (χ1) is 8.86. The number of aryl methyl sites for hydroxylation is 1. The molecule has 2 N–H and O–H groups in total. The molecule has 9 heteroatoms. The van der Waals surface area contributed by atoms with Crippen LogP contribution in [-0.4, -0.2) is 47.1 Å². The number of nitrogens with zero attached hydrogens (tertiary/aromatic N) is 2. The Morgan fingerprint density at radius 2 is 2.16 bits per heavy atom. The summed E-state index contributed by atoms with van der Waals surface area (Å²) >= 11 is 0. The number of carbonyl (C=O) groups excluding carboxylic acids is 2. The van der Waals surface area contributed by atoms with Gasteiger partial charge in [0.25, 0.3) is 10.0 Å². The van der Waals surface area contributed by atoms with Crippen LogP contribution in [0.1, 0.15) is 19.2 Å². The molecule has 1 fully saturated rings. The molecule has 1 aromatic heterocycles. The summed E-state index contributed by atoms with van der Waals surface area (Å²) in [6.45, 7) is 2.93. The standard InChI is InChI=1S/C10H14N4O4S/c1-3-7-10(16)13-8(15)5-14(7)19(17,18)9-4-11-6(2)12-9/h4,7H,3,5H2,1-2H3,(H,11,12)(H,13,15,16). The number of piperazine rings is 1. The van der Waals surface area contributed by atoms with Gasteiger partial charge < -0.3 is 4.98 Å². The van der Waals surface area contributed by atoms with Gasteiger partial charge in [-0.25, -0.2) is 13.4 Å². The zero-order valence-electron chi connectivity index (χ0n) is 10.5. The largest absolute Gasteiger partial charge is 0.332 e. The van der Waals surface area contributed by atoms with Gasteiger partial charge in [-0.3, -0.25) is 14.9 Å². The summed E-state index contributed by atoms with van der Waals surface area (Å²) in [6, 6.07) is -0.883. The average molecular weight is 286 g/mol. The molecule has 2 heterocycles. The highest BCUT2D eigenvalue weighted by atomic mass is 32.2. The van der Waals surface area contributed by atoms with Crippen LogP contribution in [-0.2, 0) is 19.6 Å². The molecule has 0 radical (unpaired) electrons. The summed E-state index contributed by atoms with van der Waals surface area (Å²) in [4.78, 5) is 29.5. The highest BCUT2D eigenvalue weighted by Gasteiger charge is 2.41. The third-order valence-electron chi connectivity index (χ3n) is 2.87. The van der Waals surface area contributed by atoms with Crippen molar-refractivity contribution < 1.29 is 18.0 Å². The van der Waals surface area contributed by atoms with Crippen molar-refractivity contribution in [2.45, 2.75) is 31.3 Å². The van der Waals surface area contributed by atoms with Gasteiger partial charge in [0, 0.05) is 0 Å². The molecule has 0 bridgehead atoms. The third-order valence-corrected chi connectivity index (χ3v) is 4.63. The van der Waals surface area contributed by atoms with E-state index in [1.54, 1.807) is 13.8 Å². The topological polar surface area (TPSA) is 112 Å². The highest BCUT2D eigenvalue weighted by molar-refractivity contribution is 7.89. The first-order valence-corrected chi connectivity index (χ1v) is 7.17. The predicted octanol–water partition coefficient (Wildman–Crippen LogP) is -0.856. The molecule has 0 aromatic carbocycles. The van der Waals surface area contributed by atoms with Crippen molar-refractivity contribution in [1.29, 1.82) is 0 Å². The second-order valence-corrected chi connectivity index (χ2v) is 6.08. The lowest BCUT2D eigenvalue weighted by Crippen LogP contribution is -2.59. The minimum Gasteiger partial charge on any atom is -0.332 e. The second kappa shape index (κ2) is 4.74. The molecule has 1 aliphatic heterocycles. The number of imide groups is 1. The first-order valence-electron chi connectivity index (χ1n) is 5.73. The fraction of sp³-hybridized carbons (Fsp3) is 0.500. The molecule has 0 saturated carbocycles. The predicted molar refractivity (Wildman–Crippen MR) is 64.4 cm³/mol. The van der Waals surface area contributed by atoms with Crippen molar-refractivity contribution in [1.82, 2.24) is 19.6 Å². The van der Waals surface area contributed by atoms with E-state index in [-0.39, 0.29) is 18.0 Å². The van der Waals surface area contributed by atoms with Crippen molar-refractivity contribution in [3.8, 4) is 0 Å². The van der Waals surface area contributed by atoms with Crippen LogP contribution in [0.3, 0.4) is 0 Å². The number of hydrogen-bond donors (Lipinski definition) is 2. The third kappa shape index (κ3) is 2.38. The van der Waals surface area contributed by atoms with Gasteiger partial charge in [-0.2, -0.15) is 4.31 Å². The molecule has 1 aromatic rings. The van der Waals surface area contributed by atoms with Crippen LogP contribution in [0.25, 0.3) is 0 Å². The van der Waals surface area contributed by atoms with E-state index in [0.29, 0.717) is 5.82 Å². The van der Waals surface area contributed by atoms with Crippen LogP contribution in [0.2, 0.25) is 0 Å². The van der Waals surface area contributed by atoms with Gasteiger partial charge in [-0.15, -0.1) is 0 Å². The molecule has 0 aliphatic carbocycles. The first kappa shape index (κ1) is 13.7. The van der Waals surface area contributed by atoms with Crippen molar-refractivity contribution in [2.24, 2.45) is 0 Å². The molecular weight excluding hydrogens is 272 g/mol. The number of nitrogens with one attached hydrogen (secondary N) is 2. The number of aromatic amines is 1. The Labute approximate surface area is 110 Å². The maximum atomic E-state index is 12.4. The number of rotatable bonds is 3. The van der Waals surface area contributed by atoms with Gasteiger partial charge in [0.05, 0.1) is 12.7 Å². The van der Waals surface area contributed by atoms with E-state index >= 15 is 0 Å². The summed E-state index contributed by atoms with van der Waals surface area (Å²) in [7, 11) is -3.93. The highest BCUT2D eigenvalue weighted by Crippen LogP contribution is 2.20. The van der Waals surface area contributed by atoms with Gasteiger partial charge in [-0.1, -0.05) is 6.92 Å². The number of imidazole rings is 1. The quantitative estimate of drug-likeness (QED) is 0.702. The summed E-state index contributed by atoms with van der Waals surface area (Å²) in [5, 5.41) is 2.01. The Bertz CT molecular complexity index is 621. The molecular formula is C10H14N4O4S. The van der Waals surface area contributed by atoms with Crippen LogP contribution in [0.15, 0.2) is 11.2 Å². The van der Waals surface area contributed by atoms with Gasteiger partial charge >= 0.3 is 0 Å². The lowest BCUT2D eigenvalue weighted by atomic mass is 10.2. The minimum absolute atomic E-state index is 0.119. The van der Waals surface area contributed by atoms with Crippen LogP contribution in [0.4, 0.5) is 0 Å². The van der Waals surface area contributed by atoms with E-state index in [1.807, 2.05) is 0 Å². The molecule has 1 atom stereocenters. The fourth-order valence-electron chi connectivity index (χ4n) is 1.94. The normalized spacial score (nSPS) is 21.5. The minimum atomic E-state index is -3.93. The molecule has 1 unspecified atom stereocenters. The Morgan fingerprint density at radius 3 is 2.68 bits per heavy atom. The van der Waals surface area contributed by atoms with Gasteiger partial charge in [-0.05, 0) is 13.3 Å². The van der Waals surface area contributed by atoms with Crippen LogP contribution >= 0.6 is 0 Å². The van der Waals surface area contributed by atoms with E-state index in [2.05, 4.69) is 15.3 Å². The monoisotopic (exact) mass is 286 g/mol. The summed E-state index contributed by atoms with van der Waals surface area (Å²) in [5.74, 6) is -0.785. The second-order valence-electron chi connectivity index (χ2n) is 4.22. The lowest BCUT2D eigenvalue weighted by Gasteiger charge is -2.31. The van der Waals surface area contributed by atoms with Crippen molar-refractivity contribution in [2.75, 3.05) is 6.54 Å². The number of hydrogen-bond acceptors (Lipinski definition) is 5. The lowest BCUT2D eigenvalue weighted by molar-refractivity contribution is -0.137. The number of H-pyrrole nitrogens is 1. The Morgan fingerprint density at radius 1 is 1.47 bits per heavy atom. The number of aromatic nitrogens is 2. The molecule has 2 rings (SSSR count). The van der Waals surface area contributed by atoms with Crippen LogP contribution in [0, 0.1) is 6.92 Å². The molecule has 0 spiro atoms. The maximum absolute atomic E-state index is 12.4. The van der Waals surface area contributed by atoms with Gasteiger partial charge in [0.1, 0.15) is 11.9 Å².